The van der Waals surface area contributed by atoms with Crippen molar-refractivity contribution < 1.29 is 19.6 Å². The van der Waals surface area contributed by atoms with E-state index in [-0.39, 0.29) is 12.9 Å². The van der Waals surface area contributed by atoms with E-state index in [1.165, 1.54) is 83.5 Å². The van der Waals surface area contributed by atoms with E-state index in [4.69, 9.17) is 14.5 Å². The molecule has 1 rings (SSSR count). The fourth-order valence-electron chi connectivity index (χ4n) is 4.10. The molecule has 1 saturated heterocycles. The van der Waals surface area contributed by atoms with E-state index in [1.54, 1.807) is 0 Å². The van der Waals surface area contributed by atoms with Crippen LogP contribution in [0.3, 0.4) is 0 Å². The second kappa shape index (κ2) is 18.6. The van der Waals surface area contributed by atoms with Gasteiger partial charge in [-0.1, -0.05) is 96.8 Å². The van der Waals surface area contributed by atoms with Crippen molar-refractivity contribution in [2.24, 2.45) is 0 Å². The Morgan fingerprint density at radius 1 is 0.793 bits per heavy atom. The SMILES string of the molecule is CCCCCCCCCCCCCCCC[C@@](C)(CCO)OOC1CCCCO1. The van der Waals surface area contributed by atoms with Crippen molar-refractivity contribution in [2.75, 3.05) is 13.2 Å². The maximum absolute atomic E-state index is 9.39. The van der Waals surface area contributed by atoms with Crippen molar-refractivity contribution in [3.63, 3.8) is 0 Å². The molecule has 1 aliphatic heterocycles. The zero-order valence-corrected chi connectivity index (χ0v) is 19.6. The summed E-state index contributed by atoms with van der Waals surface area (Å²) in [6, 6.07) is 0. The molecule has 174 valence electrons. The number of aliphatic hydroxyl groups excluding tert-OH is 1. The van der Waals surface area contributed by atoms with Gasteiger partial charge in [-0.3, -0.25) is 0 Å². The minimum Gasteiger partial charge on any atom is -0.396 e. The maximum Gasteiger partial charge on any atom is 0.191 e. The maximum atomic E-state index is 9.39. The molecule has 29 heavy (non-hydrogen) atoms. The van der Waals surface area contributed by atoms with Crippen LogP contribution in [0.25, 0.3) is 0 Å². The molecule has 0 aromatic carbocycles. The first-order valence-corrected chi connectivity index (χ1v) is 12.8. The van der Waals surface area contributed by atoms with Gasteiger partial charge < -0.3 is 9.84 Å². The zero-order valence-electron chi connectivity index (χ0n) is 19.6. The Labute approximate surface area is 181 Å². The van der Waals surface area contributed by atoms with Crippen molar-refractivity contribution >= 4 is 0 Å². The number of rotatable bonds is 20. The summed E-state index contributed by atoms with van der Waals surface area (Å²) in [6.07, 6.45) is 23.5. The van der Waals surface area contributed by atoms with Crippen LogP contribution in [0.5, 0.6) is 0 Å². The van der Waals surface area contributed by atoms with Gasteiger partial charge in [-0.2, -0.15) is 0 Å². The Morgan fingerprint density at radius 3 is 1.83 bits per heavy atom. The normalized spacial score (nSPS) is 19.3. The van der Waals surface area contributed by atoms with Crippen molar-refractivity contribution in [3.05, 3.63) is 0 Å². The zero-order chi connectivity index (χ0) is 21.0. The van der Waals surface area contributed by atoms with Gasteiger partial charge >= 0.3 is 0 Å². The molecule has 0 amide bonds. The largest absolute Gasteiger partial charge is 0.396 e. The smallest absolute Gasteiger partial charge is 0.191 e. The third-order valence-corrected chi connectivity index (χ3v) is 6.19. The molecular weight excluding hydrogens is 364 g/mol. The molecule has 4 heteroatoms. The molecule has 0 radical (unpaired) electrons. The molecule has 1 aliphatic rings. The third-order valence-electron chi connectivity index (χ3n) is 6.19. The quantitative estimate of drug-likeness (QED) is 0.127. The van der Waals surface area contributed by atoms with Crippen LogP contribution in [-0.2, 0) is 14.5 Å². The van der Waals surface area contributed by atoms with Crippen molar-refractivity contribution in [2.45, 2.75) is 148 Å². The molecular formula is C25H50O4. The average molecular weight is 415 g/mol. The predicted molar refractivity (Wildman–Crippen MR) is 121 cm³/mol. The topological polar surface area (TPSA) is 47.9 Å². The van der Waals surface area contributed by atoms with Gasteiger partial charge in [0.25, 0.3) is 0 Å². The minimum absolute atomic E-state index is 0.129. The molecule has 1 fully saturated rings. The fraction of sp³-hybridized carbons (Fsp3) is 1.00. The van der Waals surface area contributed by atoms with E-state index in [2.05, 4.69) is 6.92 Å². The van der Waals surface area contributed by atoms with Crippen molar-refractivity contribution in [1.29, 1.82) is 0 Å². The van der Waals surface area contributed by atoms with Crippen LogP contribution in [-0.4, -0.2) is 30.2 Å². The summed E-state index contributed by atoms with van der Waals surface area (Å²) in [4.78, 5) is 11.3. The second-order valence-electron chi connectivity index (χ2n) is 9.25. The Hall–Kier alpha value is -0.160. The van der Waals surface area contributed by atoms with Gasteiger partial charge in [-0.25, -0.2) is 9.78 Å². The first kappa shape index (κ1) is 26.9. The van der Waals surface area contributed by atoms with Gasteiger partial charge in [0.15, 0.2) is 6.29 Å². The van der Waals surface area contributed by atoms with E-state index in [9.17, 15) is 5.11 Å². The summed E-state index contributed by atoms with van der Waals surface area (Å²) in [5.74, 6) is 0. The highest BCUT2D eigenvalue weighted by atomic mass is 17.2. The molecule has 1 unspecified atom stereocenters. The predicted octanol–water partition coefficient (Wildman–Crippen LogP) is 7.47. The van der Waals surface area contributed by atoms with E-state index >= 15 is 0 Å². The number of hydrogen-bond donors (Lipinski definition) is 1. The molecule has 1 heterocycles. The first-order valence-electron chi connectivity index (χ1n) is 12.8. The van der Waals surface area contributed by atoms with E-state index in [1.807, 2.05) is 6.92 Å². The molecule has 0 bridgehead atoms. The molecule has 0 aromatic heterocycles. The number of hydrogen-bond acceptors (Lipinski definition) is 4. The van der Waals surface area contributed by atoms with Crippen LogP contribution in [0.15, 0.2) is 0 Å². The monoisotopic (exact) mass is 414 g/mol. The molecule has 4 nitrogen and oxygen atoms in total. The van der Waals surface area contributed by atoms with E-state index in [0.29, 0.717) is 6.42 Å². The van der Waals surface area contributed by atoms with Gasteiger partial charge in [0, 0.05) is 26.1 Å². The highest BCUT2D eigenvalue weighted by Crippen LogP contribution is 2.26. The lowest BCUT2D eigenvalue weighted by Gasteiger charge is -2.31. The molecule has 0 aromatic rings. The minimum atomic E-state index is -0.410. The summed E-state index contributed by atoms with van der Waals surface area (Å²) < 4.78 is 5.57. The summed E-state index contributed by atoms with van der Waals surface area (Å²) in [7, 11) is 0. The molecule has 1 N–H and O–H groups in total. The van der Waals surface area contributed by atoms with Crippen LogP contribution in [0, 0.1) is 0 Å². The lowest BCUT2D eigenvalue weighted by atomic mass is 9.94. The van der Waals surface area contributed by atoms with Crippen LogP contribution in [0.2, 0.25) is 0 Å². The number of ether oxygens (including phenoxy) is 1. The molecule has 0 saturated carbocycles. The highest BCUT2D eigenvalue weighted by molar-refractivity contribution is 4.73. The van der Waals surface area contributed by atoms with Crippen molar-refractivity contribution in [1.82, 2.24) is 0 Å². The third kappa shape index (κ3) is 15.3. The highest BCUT2D eigenvalue weighted by Gasteiger charge is 2.28. The molecule has 0 spiro atoms. The van der Waals surface area contributed by atoms with Crippen LogP contribution in [0.1, 0.15) is 136 Å². The molecule has 2 atom stereocenters. The second-order valence-corrected chi connectivity index (χ2v) is 9.25. The van der Waals surface area contributed by atoms with Gasteiger partial charge in [-0.15, -0.1) is 0 Å². The van der Waals surface area contributed by atoms with Crippen LogP contribution >= 0.6 is 0 Å². The summed E-state index contributed by atoms with van der Waals surface area (Å²) in [5, 5.41) is 9.39. The van der Waals surface area contributed by atoms with Gasteiger partial charge in [-0.05, 0) is 26.2 Å². The summed E-state index contributed by atoms with van der Waals surface area (Å²) >= 11 is 0. The lowest BCUT2D eigenvalue weighted by molar-refractivity contribution is -0.428. The Bertz CT molecular complexity index is 344. The van der Waals surface area contributed by atoms with Crippen molar-refractivity contribution in [3.8, 4) is 0 Å². The lowest BCUT2D eigenvalue weighted by Crippen LogP contribution is -2.34. The van der Waals surface area contributed by atoms with Crippen LogP contribution < -0.4 is 0 Å². The van der Waals surface area contributed by atoms with Gasteiger partial charge in [0.05, 0.1) is 0 Å². The van der Waals surface area contributed by atoms with E-state index in [0.717, 1.165) is 38.7 Å². The number of aliphatic hydroxyl groups is 1. The molecule has 0 aliphatic carbocycles. The summed E-state index contributed by atoms with van der Waals surface area (Å²) in [5.41, 5.74) is -0.410. The fourth-order valence-corrected chi connectivity index (χ4v) is 4.10. The van der Waals surface area contributed by atoms with Crippen LogP contribution in [0.4, 0.5) is 0 Å². The van der Waals surface area contributed by atoms with Gasteiger partial charge in [0.2, 0.25) is 0 Å². The van der Waals surface area contributed by atoms with Gasteiger partial charge in [0.1, 0.15) is 5.60 Å². The average Bonchev–Trinajstić information content (AvgIpc) is 2.73. The van der Waals surface area contributed by atoms with E-state index < -0.39 is 5.60 Å². The Kier molecular flexibility index (Phi) is 17.2. The summed E-state index contributed by atoms with van der Waals surface area (Å²) in [6.45, 7) is 5.21. The standard InChI is InChI=1S/C25H50O4/c1-3-4-5-6-7-8-9-10-11-12-13-14-15-17-20-25(2,21-22-26)29-28-24-19-16-18-23-27-24/h24,26H,3-23H2,1-2H3/t24?,25-/m0/s1. The number of unbranched alkanes of at least 4 members (excludes halogenated alkanes) is 13. The Balaban J connectivity index is 1.95. The first-order chi connectivity index (χ1) is 14.2. The Morgan fingerprint density at radius 2 is 1.34 bits per heavy atom.